The van der Waals surface area contributed by atoms with Crippen molar-refractivity contribution >= 4 is 27.2 Å². The summed E-state index contributed by atoms with van der Waals surface area (Å²) in [7, 11) is 0. The molecule has 4 heteroatoms. The summed E-state index contributed by atoms with van der Waals surface area (Å²) in [6.45, 7) is 1.42. The third-order valence-electron chi connectivity index (χ3n) is 1.87. The van der Waals surface area contributed by atoms with Crippen LogP contribution in [0, 0.1) is 0 Å². The van der Waals surface area contributed by atoms with Gasteiger partial charge in [-0.3, -0.25) is 4.79 Å². The van der Waals surface area contributed by atoms with Crippen LogP contribution in [0.25, 0.3) is 10.1 Å². The van der Waals surface area contributed by atoms with Crippen LogP contribution in [0.3, 0.4) is 0 Å². The number of thiophene rings is 1. The van der Waals surface area contributed by atoms with Crippen LogP contribution in [0.4, 0.5) is 0 Å². The summed E-state index contributed by atoms with van der Waals surface area (Å²) in [5.74, 6) is -0.278. The molecule has 0 aliphatic carbocycles. The molecule has 0 aliphatic heterocycles. The molecule has 0 unspecified atom stereocenters. The molecule has 1 heterocycles. The Labute approximate surface area is 108 Å². The van der Waals surface area contributed by atoms with E-state index in [2.05, 4.69) is 0 Å². The predicted molar refractivity (Wildman–Crippen MR) is 51.3 cm³/mol. The fraction of sp³-hybridized carbons (Fsp3) is 0.100. The Hall–Kier alpha value is -0.350. The zero-order valence-corrected chi connectivity index (χ0v) is 10.9. The maximum atomic E-state index is 11.6. The average Bonchev–Trinajstić information content (AvgIpc) is 2.45. The van der Waals surface area contributed by atoms with E-state index in [1.165, 1.54) is 18.3 Å². The van der Waals surface area contributed by atoms with Crippen molar-refractivity contribution in [3.63, 3.8) is 0 Å². The predicted octanol–water partition coefficient (Wildman–Crippen LogP) is -0.819. The molecule has 0 saturated heterocycles. The number of hydrogen-bond acceptors (Lipinski definition) is 3. The van der Waals surface area contributed by atoms with Gasteiger partial charge in [-0.15, -0.1) is 11.3 Å². The quantitative estimate of drug-likeness (QED) is 0.460. The number of rotatable bonds is 1. The fourth-order valence-corrected chi connectivity index (χ4v) is 2.24. The second kappa shape index (κ2) is 4.45. The topological polar surface area (TPSA) is 40.1 Å². The second-order valence-corrected chi connectivity index (χ2v) is 3.86. The first-order valence-electron chi connectivity index (χ1n) is 3.89. The minimum Gasteiger partial charge on any atom is -0.871 e. The number of carbonyl (C=O) groups excluding carboxylic acids is 1. The van der Waals surface area contributed by atoms with Crippen molar-refractivity contribution in [3.05, 3.63) is 29.1 Å². The van der Waals surface area contributed by atoms with Crippen molar-refractivity contribution in [2.45, 2.75) is 6.92 Å². The third kappa shape index (κ3) is 1.86. The molecule has 0 saturated carbocycles. The Morgan fingerprint density at radius 1 is 1.36 bits per heavy atom. The summed E-state index contributed by atoms with van der Waals surface area (Å²) >= 11 is 1.27. The Morgan fingerprint density at radius 2 is 2.00 bits per heavy atom. The Balaban J connectivity index is 0.000000980. The largest absolute Gasteiger partial charge is 1.00 e. The average molecular weight is 214 g/mol. The molecule has 66 valence electrons. The van der Waals surface area contributed by atoms with Gasteiger partial charge in [0.2, 0.25) is 0 Å². The van der Waals surface area contributed by atoms with Crippen LogP contribution < -0.4 is 34.7 Å². The molecule has 0 N–H and O–H groups in total. The van der Waals surface area contributed by atoms with Crippen LogP contribution in [-0.2, 0) is 0 Å². The summed E-state index contributed by atoms with van der Waals surface area (Å²) in [5, 5.41) is 12.2. The van der Waals surface area contributed by atoms with Gasteiger partial charge in [0, 0.05) is 4.70 Å². The van der Waals surface area contributed by atoms with Gasteiger partial charge in [-0.2, -0.15) is 0 Å². The van der Waals surface area contributed by atoms with Gasteiger partial charge in [-0.25, -0.2) is 0 Å². The van der Waals surface area contributed by atoms with Gasteiger partial charge in [-0.05, 0) is 18.4 Å². The van der Waals surface area contributed by atoms with Crippen molar-refractivity contribution < 1.29 is 39.5 Å². The molecular formula is C10H7NaO2S. The van der Waals surface area contributed by atoms with Crippen LogP contribution in [0.5, 0.6) is 5.75 Å². The number of carbonyl (C=O) groups is 1. The number of fused-ring (bicyclic) bond motifs is 1. The molecule has 0 bridgehead atoms. The zero-order valence-electron chi connectivity index (χ0n) is 8.03. The first kappa shape index (κ1) is 11.7. The van der Waals surface area contributed by atoms with Crippen LogP contribution in [0.1, 0.15) is 16.6 Å². The van der Waals surface area contributed by atoms with Crippen molar-refractivity contribution in [2.24, 2.45) is 0 Å². The smallest absolute Gasteiger partial charge is 0.871 e. The monoisotopic (exact) mass is 214 g/mol. The standard InChI is InChI=1S/C10H8O2S.Na/c1-6(11)10-9(12)7-4-2-3-5-8(7)13-10;/h2-5,12H,1H3;/q;+1/p-1. The molecule has 1 aromatic heterocycles. The van der Waals surface area contributed by atoms with Crippen molar-refractivity contribution in [2.75, 3.05) is 0 Å². The second-order valence-electron chi connectivity index (χ2n) is 2.81. The number of benzene rings is 1. The Kier molecular flexibility index (Phi) is 3.72. The van der Waals surface area contributed by atoms with Crippen molar-refractivity contribution in [1.82, 2.24) is 0 Å². The number of hydrogen-bond donors (Lipinski definition) is 0. The molecule has 0 aliphatic rings. The van der Waals surface area contributed by atoms with Crippen LogP contribution in [-0.4, -0.2) is 5.78 Å². The molecule has 0 fully saturated rings. The van der Waals surface area contributed by atoms with E-state index in [0.717, 1.165) is 4.70 Å². The van der Waals surface area contributed by atoms with E-state index in [0.29, 0.717) is 10.3 Å². The van der Waals surface area contributed by atoms with Crippen molar-refractivity contribution in [3.8, 4) is 5.75 Å². The van der Waals surface area contributed by atoms with Gasteiger partial charge >= 0.3 is 29.6 Å². The Bertz CT molecular complexity index is 476. The zero-order chi connectivity index (χ0) is 9.42. The Morgan fingerprint density at radius 3 is 2.57 bits per heavy atom. The summed E-state index contributed by atoms with van der Waals surface area (Å²) in [4.78, 5) is 11.4. The SMILES string of the molecule is CC(=O)c1sc2ccccc2c1[O-].[Na+]. The summed E-state index contributed by atoms with van der Waals surface area (Å²) in [5.41, 5.74) is 0. The number of ketones is 1. The summed E-state index contributed by atoms with van der Waals surface area (Å²) in [6, 6.07) is 7.27. The van der Waals surface area contributed by atoms with Crippen LogP contribution in [0.15, 0.2) is 24.3 Å². The maximum absolute atomic E-state index is 11.6. The van der Waals surface area contributed by atoms with E-state index < -0.39 is 0 Å². The molecular weight excluding hydrogens is 207 g/mol. The normalized spacial score (nSPS) is 9.79. The van der Waals surface area contributed by atoms with E-state index in [1.54, 1.807) is 12.1 Å². The van der Waals surface area contributed by atoms with Gasteiger partial charge in [0.05, 0.1) is 4.88 Å². The molecule has 0 spiro atoms. The fourth-order valence-electron chi connectivity index (χ4n) is 1.25. The van der Waals surface area contributed by atoms with Gasteiger partial charge < -0.3 is 5.11 Å². The molecule has 14 heavy (non-hydrogen) atoms. The third-order valence-corrected chi connectivity index (χ3v) is 3.12. The molecule has 2 nitrogen and oxygen atoms in total. The number of Topliss-reactive ketones (excluding diaryl/α,β-unsaturated/α-hetero) is 1. The van der Waals surface area contributed by atoms with Crippen molar-refractivity contribution in [1.29, 1.82) is 0 Å². The van der Waals surface area contributed by atoms with Gasteiger partial charge in [0.25, 0.3) is 0 Å². The van der Waals surface area contributed by atoms with Gasteiger partial charge in [-0.1, -0.05) is 23.9 Å². The molecule has 0 atom stereocenters. The van der Waals surface area contributed by atoms with E-state index in [1.807, 2.05) is 12.1 Å². The molecule has 2 rings (SSSR count). The minimum atomic E-state index is -0.147. The first-order chi connectivity index (χ1) is 6.20. The van der Waals surface area contributed by atoms with Crippen LogP contribution in [0.2, 0.25) is 0 Å². The summed E-state index contributed by atoms with van der Waals surface area (Å²) < 4.78 is 0.887. The van der Waals surface area contributed by atoms with E-state index in [9.17, 15) is 9.90 Å². The molecule has 0 amide bonds. The van der Waals surface area contributed by atoms with Gasteiger partial charge in [0.15, 0.2) is 5.78 Å². The maximum Gasteiger partial charge on any atom is 1.00 e. The first-order valence-corrected chi connectivity index (χ1v) is 4.71. The van der Waals surface area contributed by atoms with E-state index in [-0.39, 0.29) is 41.1 Å². The molecule has 0 radical (unpaired) electrons. The molecule has 2 aromatic rings. The van der Waals surface area contributed by atoms with E-state index >= 15 is 0 Å². The minimum absolute atomic E-state index is 0. The molecule has 1 aromatic carbocycles. The van der Waals surface area contributed by atoms with Gasteiger partial charge in [0.1, 0.15) is 0 Å². The van der Waals surface area contributed by atoms with E-state index in [4.69, 9.17) is 0 Å². The van der Waals surface area contributed by atoms with Crippen LogP contribution >= 0.6 is 11.3 Å². The summed E-state index contributed by atoms with van der Waals surface area (Å²) in [6.07, 6.45) is 0.